The highest BCUT2D eigenvalue weighted by molar-refractivity contribution is 5.94. The first-order valence-corrected chi connectivity index (χ1v) is 10.7. The molecular weight excluding hydrogens is 382 g/mol. The van der Waals surface area contributed by atoms with E-state index in [1.165, 1.54) is 12.8 Å². The Balaban J connectivity index is 1.71. The number of hydrogen-bond acceptors (Lipinski definition) is 9. The van der Waals surface area contributed by atoms with E-state index in [2.05, 4.69) is 25.9 Å². The fraction of sp³-hybridized carbons (Fsp3) is 0.524. The summed E-state index contributed by atoms with van der Waals surface area (Å²) in [6.07, 6.45) is 7.76. The molecule has 2 aliphatic rings. The number of piperazine rings is 1. The van der Waals surface area contributed by atoms with Crippen molar-refractivity contribution < 1.29 is 9.53 Å². The van der Waals surface area contributed by atoms with Gasteiger partial charge in [0.2, 0.25) is 5.95 Å². The number of nitrogens with zero attached hydrogens (tertiary/aromatic N) is 4. The maximum Gasteiger partial charge on any atom is 0.343 e. The zero-order chi connectivity index (χ0) is 20.8. The predicted molar refractivity (Wildman–Crippen MR) is 115 cm³/mol. The molecule has 1 saturated carbocycles. The largest absolute Gasteiger partial charge is 0.462 e. The van der Waals surface area contributed by atoms with Gasteiger partial charge in [-0.25, -0.2) is 14.8 Å². The van der Waals surface area contributed by atoms with Gasteiger partial charge >= 0.3 is 5.97 Å². The van der Waals surface area contributed by atoms with E-state index in [-0.39, 0.29) is 6.17 Å². The second kappa shape index (κ2) is 9.82. The summed E-state index contributed by atoms with van der Waals surface area (Å²) in [6.45, 7) is 4.57. The Morgan fingerprint density at radius 3 is 2.83 bits per heavy atom. The summed E-state index contributed by atoms with van der Waals surface area (Å²) in [4.78, 5) is 28.3. The van der Waals surface area contributed by atoms with Crippen molar-refractivity contribution in [2.75, 3.05) is 36.5 Å². The minimum Gasteiger partial charge on any atom is -0.462 e. The van der Waals surface area contributed by atoms with Gasteiger partial charge in [-0.1, -0.05) is 18.9 Å². The van der Waals surface area contributed by atoms with Crippen LogP contribution in [0.4, 0.5) is 17.6 Å². The number of esters is 1. The molecule has 0 amide bonds. The summed E-state index contributed by atoms with van der Waals surface area (Å²) in [5.41, 5.74) is 0.364. The van der Waals surface area contributed by atoms with Crippen LogP contribution in [0.1, 0.15) is 43.0 Å². The molecule has 30 heavy (non-hydrogen) atoms. The molecule has 0 bridgehead atoms. The van der Waals surface area contributed by atoms with Crippen molar-refractivity contribution >= 4 is 23.6 Å². The molecule has 4 rings (SSSR count). The fourth-order valence-corrected chi connectivity index (χ4v) is 3.94. The summed E-state index contributed by atoms with van der Waals surface area (Å²) in [7, 11) is 0. The van der Waals surface area contributed by atoms with Crippen molar-refractivity contribution in [1.82, 2.24) is 25.6 Å². The SMILES string of the molecule is CCOC(=O)c1cnc(N(c2ccccn2)C2CNCCN2)nc1NC1CCCC1. The van der Waals surface area contributed by atoms with Crippen LogP contribution in [0.5, 0.6) is 0 Å². The quantitative estimate of drug-likeness (QED) is 0.591. The Bertz CT molecular complexity index is 837. The predicted octanol–water partition coefficient (Wildman–Crippen LogP) is 2.06. The van der Waals surface area contributed by atoms with E-state index < -0.39 is 5.97 Å². The van der Waals surface area contributed by atoms with Crippen LogP contribution in [0.3, 0.4) is 0 Å². The second-order valence-corrected chi connectivity index (χ2v) is 7.51. The van der Waals surface area contributed by atoms with Crippen LogP contribution in [-0.4, -0.2) is 59.4 Å². The van der Waals surface area contributed by atoms with E-state index in [1.54, 1.807) is 19.3 Å². The summed E-state index contributed by atoms with van der Waals surface area (Å²) in [6, 6.07) is 6.06. The van der Waals surface area contributed by atoms with Crippen molar-refractivity contribution in [3.05, 3.63) is 36.2 Å². The fourth-order valence-electron chi connectivity index (χ4n) is 3.94. The normalized spacial score (nSPS) is 19.4. The molecule has 1 aliphatic heterocycles. The van der Waals surface area contributed by atoms with Crippen molar-refractivity contribution in [3.63, 3.8) is 0 Å². The van der Waals surface area contributed by atoms with E-state index in [4.69, 9.17) is 9.72 Å². The van der Waals surface area contributed by atoms with Gasteiger partial charge in [-0.15, -0.1) is 0 Å². The van der Waals surface area contributed by atoms with Gasteiger partial charge in [0.05, 0.1) is 6.61 Å². The minimum absolute atomic E-state index is 0.0542. The second-order valence-electron chi connectivity index (χ2n) is 7.51. The molecule has 0 radical (unpaired) electrons. The third-order valence-electron chi connectivity index (χ3n) is 5.41. The average molecular weight is 412 g/mol. The van der Waals surface area contributed by atoms with Gasteiger partial charge in [0.1, 0.15) is 23.4 Å². The topological polar surface area (TPSA) is 104 Å². The average Bonchev–Trinajstić information content (AvgIpc) is 3.29. The van der Waals surface area contributed by atoms with Gasteiger partial charge in [-0.05, 0) is 31.9 Å². The molecule has 1 unspecified atom stereocenters. The molecule has 1 saturated heterocycles. The van der Waals surface area contributed by atoms with Crippen molar-refractivity contribution in [3.8, 4) is 0 Å². The molecule has 160 valence electrons. The Morgan fingerprint density at radius 1 is 1.27 bits per heavy atom. The standard InChI is InChI=1S/C21H29N7O2/c1-2-30-20(29)16-13-25-21(27-19(16)26-15-7-3-4-8-15)28(17-9-5-6-10-23-17)18-14-22-11-12-24-18/h5-6,9-10,13,15,18,22,24H,2-4,7-8,11-12,14H2,1H3,(H,25,26,27). The lowest BCUT2D eigenvalue weighted by molar-refractivity contribution is 0.0526. The number of nitrogens with one attached hydrogen (secondary N) is 3. The first-order chi connectivity index (χ1) is 14.8. The number of aromatic nitrogens is 3. The number of rotatable bonds is 7. The van der Waals surface area contributed by atoms with Gasteiger partial charge in [0, 0.05) is 38.1 Å². The van der Waals surface area contributed by atoms with Gasteiger partial charge in [-0.2, -0.15) is 4.98 Å². The molecule has 2 fully saturated rings. The number of carbonyl (C=O) groups is 1. The van der Waals surface area contributed by atoms with Crippen LogP contribution >= 0.6 is 0 Å². The van der Waals surface area contributed by atoms with E-state index in [9.17, 15) is 4.79 Å². The van der Waals surface area contributed by atoms with Gasteiger partial charge < -0.3 is 15.4 Å². The molecule has 0 spiro atoms. The molecule has 1 atom stereocenters. The van der Waals surface area contributed by atoms with E-state index in [0.717, 1.165) is 38.3 Å². The lowest BCUT2D eigenvalue weighted by atomic mass is 10.2. The smallest absolute Gasteiger partial charge is 0.343 e. The number of ether oxygens (including phenoxy) is 1. The lowest BCUT2D eigenvalue weighted by Crippen LogP contribution is -2.56. The van der Waals surface area contributed by atoms with Gasteiger partial charge in [-0.3, -0.25) is 10.2 Å². The number of carbonyl (C=O) groups excluding carboxylic acids is 1. The van der Waals surface area contributed by atoms with E-state index >= 15 is 0 Å². The van der Waals surface area contributed by atoms with Crippen LogP contribution < -0.4 is 20.9 Å². The van der Waals surface area contributed by atoms with Crippen molar-refractivity contribution in [1.29, 1.82) is 0 Å². The van der Waals surface area contributed by atoms with Crippen molar-refractivity contribution in [2.45, 2.75) is 44.8 Å². The van der Waals surface area contributed by atoms with Gasteiger partial charge in [0.15, 0.2) is 0 Å². The molecule has 2 aromatic rings. The minimum atomic E-state index is -0.411. The van der Waals surface area contributed by atoms with Crippen molar-refractivity contribution in [2.24, 2.45) is 0 Å². The number of hydrogen-bond donors (Lipinski definition) is 3. The van der Waals surface area contributed by atoms with Crippen LogP contribution in [0.25, 0.3) is 0 Å². The first-order valence-electron chi connectivity index (χ1n) is 10.7. The molecule has 9 nitrogen and oxygen atoms in total. The number of pyridine rings is 1. The summed E-state index contributed by atoms with van der Waals surface area (Å²) >= 11 is 0. The molecule has 2 aromatic heterocycles. The molecule has 0 aromatic carbocycles. The highest BCUT2D eigenvalue weighted by atomic mass is 16.5. The summed E-state index contributed by atoms with van der Waals surface area (Å²) < 4.78 is 5.23. The van der Waals surface area contributed by atoms with E-state index in [0.29, 0.717) is 30.0 Å². The number of anilines is 3. The molecular formula is C21H29N7O2. The molecule has 9 heteroatoms. The van der Waals surface area contributed by atoms with Crippen LogP contribution in [0, 0.1) is 0 Å². The Kier molecular flexibility index (Phi) is 6.70. The van der Waals surface area contributed by atoms with Crippen LogP contribution in [0.15, 0.2) is 30.6 Å². The Labute approximate surface area is 176 Å². The van der Waals surface area contributed by atoms with E-state index in [1.807, 2.05) is 23.1 Å². The van der Waals surface area contributed by atoms with Gasteiger partial charge in [0.25, 0.3) is 0 Å². The maximum absolute atomic E-state index is 12.5. The zero-order valence-corrected chi connectivity index (χ0v) is 17.3. The highest BCUT2D eigenvalue weighted by Crippen LogP contribution is 2.28. The lowest BCUT2D eigenvalue weighted by Gasteiger charge is -2.34. The monoisotopic (exact) mass is 411 g/mol. The first kappa shape index (κ1) is 20.5. The molecule has 1 aliphatic carbocycles. The molecule has 3 heterocycles. The highest BCUT2D eigenvalue weighted by Gasteiger charge is 2.28. The maximum atomic E-state index is 12.5. The summed E-state index contributed by atoms with van der Waals surface area (Å²) in [5.74, 6) is 1.35. The third kappa shape index (κ3) is 4.68. The third-order valence-corrected chi connectivity index (χ3v) is 5.41. The molecule has 3 N–H and O–H groups in total. The Morgan fingerprint density at radius 2 is 2.13 bits per heavy atom. The van der Waals surface area contributed by atoms with Crippen LogP contribution in [-0.2, 0) is 4.74 Å². The van der Waals surface area contributed by atoms with Crippen LogP contribution in [0.2, 0.25) is 0 Å². The summed E-state index contributed by atoms with van der Waals surface area (Å²) in [5, 5.41) is 10.4. The Hall–Kier alpha value is -2.78. The zero-order valence-electron chi connectivity index (χ0n) is 17.3.